The monoisotopic (exact) mass is 378 g/mol. The maximum atomic E-state index is 12.7. The maximum absolute atomic E-state index is 12.7. The Morgan fingerprint density at radius 1 is 1.04 bits per heavy atom. The first kappa shape index (κ1) is 22.3. The number of nitrogens with zero attached hydrogens (tertiary/aromatic N) is 2. The lowest BCUT2D eigenvalue weighted by molar-refractivity contribution is -0.131. The zero-order chi connectivity index (χ0) is 21.1. The van der Waals surface area contributed by atoms with E-state index in [2.05, 4.69) is 17.9 Å². The lowest BCUT2D eigenvalue weighted by atomic mass is 9.78. The SMILES string of the molecule is C=c1c(C)c(O)c(=C)c(C(C)(C)CC(=O)N(C)CCN(C)C(=O)OC)c1O. The van der Waals surface area contributed by atoms with Crippen molar-refractivity contribution in [3.8, 4) is 11.5 Å². The minimum Gasteiger partial charge on any atom is -0.507 e. The van der Waals surface area contributed by atoms with Crippen LogP contribution in [0.4, 0.5) is 4.79 Å². The number of carbonyl (C=O) groups excluding carboxylic acids is 2. The Morgan fingerprint density at radius 2 is 1.56 bits per heavy atom. The van der Waals surface area contributed by atoms with E-state index in [1.54, 1.807) is 34.9 Å². The number of hydrogen-bond donors (Lipinski definition) is 2. The highest BCUT2D eigenvalue weighted by Crippen LogP contribution is 2.31. The molecule has 0 spiro atoms. The topological polar surface area (TPSA) is 90.3 Å². The van der Waals surface area contributed by atoms with Gasteiger partial charge in [-0.1, -0.05) is 27.0 Å². The summed E-state index contributed by atoms with van der Waals surface area (Å²) < 4.78 is 4.62. The Balaban J connectivity index is 3.01. The van der Waals surface area contributed by atoms with Crippen LogP contribution in [0.1, 0.15) is 31.4 Å². The third-order valence-electron chi connectivity index (χ3n) is 4.87. The molecule has 0 aliphatic heterocycles. The summed E-state index contributed by atoms with van der Waals surface area (Å²) in [5.41, 5.74) is 0.0913. The molecule has 1 rings (SSSR count). The number of phenolic OH excluding ortho intramolecular Hbond substituents is 2. The highest BCUT2D eigenvalue weighted by Gasteiger charge is 2.31. The molecular formula is C20H30N2O5. The zero-order valence-corrected chi connectivity index (χ0v) is 17.0. The molecule has 0 unspecified atom stereocenters. The molecule has 27 heavy (non-hydrogen) atoms. The van der Waals surface area contributed by atoms with Gasteiger partial charge in [0.15, 0.2) is 0 Å². The van der Waals surface area contributed by atoms with Crippen LogP contribution >= 0.6 is 0 Å². The third kappa shape index (κ3) is 4.72. The number of aromatic hydroxyl groups is 2. The van der Waals surface area contributed by atoms with Crippen LogP contribution in [-0.4, -0.2) is 66.3 Å². The molecular weight excluding hydrogens is 348 g/mol. The van der Waals surface area contributed by atoms with Crippen LogP contribution in [0.25, 0.3) is 13.2 Å². The van der Waals surface area contributed by atoms with Gasteiger partial charge in [0.2, 0.25) is 5.91 Å². The average molecular weight is 378 g/mol. The summed E-state index contributed by atoms with van der Waals surface area (Å²) in [6.07, 6.45) is -0.385. The predicted molar refractivity (Wildman–Crippen MR) is 105 cm³/mol. The quantitative estimate of drug-likeness (QED) is 0.722. The molecule has 7 heteroatoms. The van der Waals surface area contributed by atoms with Crippen LogP contribution in [0.2, 0.25) is 0 Å². The van der Waals surface area contributed by atoms with Gasteiger partial charge in [-0.3, -0.25) is 4.79 Å². The second-order valence-corrected chi connectivity index (χ2v) is 7.42. The molecule has 2 amide bonds. The largest absolute Gasteiger partial charge is 0.507 e. The van der Waals surface area contributed by atoms with E-state index in [0.717, 1.165) is 0 Å². The number of methoxy groups -OCH3 is 1. The fourth-order valence-corrected chi connectivity index (χ4v) is 2.96. The second kappa shape index (κ2) is 8.33. The Labute approximate surface area is 160 Å². The molecule has 2 N–H and O–H groups in total. The van der Waals surface area contributed by atoms with Crippen molar-refractivity contribution in [3.63, 3.8) is 0 Å². The van der Waals surface area contributed by atoms with Crippen LogP contribution in [-0.2, 0) is 14.9 Å². The van der Waals surface area contributed by atoms with E-state index in [4.69, 9.17) is 0 Å². The Hall–Kier alpha value is -2.70. The van der Waals surface area contributed by atoms with Gasteiger partial charge in [0, 0.05) is 60.6 Å². The number of amides is 2. The molecule has 0 atom stereocenters. The first-order valence-corrected chi connectivity index (χ1v) is 8.61. The van der Waals surface area contributed by atoms with E-state index >= 15 is 0 Å². The molecule has 0 aliphatic rings. The van der Waals surface area contributed by atoms with Crippen molar-refractivity contribution in [3.05, 3.63) is 21.6 Å². The standard InChI is InChI=1S/C20H30N2O5/c1-12-13(2)18(25)16(14(3)17(12)24)20(4,5)11-15(23)21(6)9-10-22(7)19(26)27-8/h24-25H,2-3,9-11H2,1,4-8H3. The van der Waals surface area contributed by atoms with Gasteiger partial charge in [-0.2, -0.15) is 0 Å². The number of carbonyl (C=O) groups is 2. The smallest absolute Gasteiger partial charge is 0.409 e. The van der Waals surface area contributed by atoms with E-state index < -0.39 is 11.5 Å². The van der Waals surface area contributed by atoms with E-state index in [1.807, 2.05) is 0 Å². The van der Waals surface area contributed by atoms with Crippen LogP contribution in [0, 0.1) is 6.92 Å². The van der Waals surface area contributed by atoms with Gasteiger partial charge in [0.25, 0.3) is 0 Å². The van der Waals surface area contributed by atoms with E-state index in [-0.39, 0.29) is 23.8 Å². The van der Waals surface area contributed by atoms with Crippen LogP contribution in [0.3, 0.4) is 0 Å². The number of benzene rings is 1. The number of rotatable bonds is 6. The minimum atomic E-state index is -0.779. The molecule has 0 heterocycles. The number of hydrogen-bond acceptors (Lipinski definition) is 5. The van der Waals surface area contributed by atoms with Gasteiger partial charge in [-0.25, -0.2) is 4.79 Å². The molecule has 1 aromatic carbocycles. The van der Waals surface area contributed by atoms with Gasteiger partial charge in [0.05, 0.1) is 7.11 Å². The summed E-state index contributed by atoms with van der Waals surface area (Å²) in [4.78, 5) is 27.0. The number of likely N-dealkylation sites (N-methyl/N-ethyl adjacent to an activating group) is 2. The van der Waals surface area contributed by atoms with Crippen molar-refractivity contribution in [2.75, 3.05) is 34.3 Å². The van der Waals surface area contributed by atoms with Crippen LogP contribution < -0.4 is 10.4 Å². The van der Waals surface area contributed by atoms with Crippen molar-refractivity contribution in [2.24, 2.45) is 0 Å². The van der Waals surface area contributed by atoms with Crippen molar-refractivity contribution >= 4 is 25.2 Å². The van der Waals surface area contributed by atoms with E-state index in [9.17, 15) is 19.8 Å². The first-order valence-electron chi connectivity index (χ1n) is 8.61. The van der Waals surface area contributed by atoms with Crippen LogP contribution in [0.15, 0.2) is 0 Å². The van der Waals surface area contributed by atoms with Crippen molar-refractivity contribution in [1.82, 2.24) is 9.80 Å². The fraction of sp³-hybridized carbons (Fsp3) is 0.500. The van der Waals surface area contributed by atoms with Gasteiger partial charge in [-0.05, 0) is 6.92 Å². The maximum Gasteiger partial charge on any atom is 0.409 e. The number of phenols is 2. The Bertz CT molecular complexity index is 832. The van der Waals surface area contributed by atoms with Gasteiger partial charge < -0.3 is 24.7 Å². The minimum absolute atomic E-state index is 0.0265. The highest BCUT2D eigenvalue weighted by molar-refractivity contribution is 5.78. The third-order valence-corrected chi connectivity index (χ3v) is 4.87. The molecule has 0 aliphatic carbocycles. The van der Waals surface area contributed by atoms with Crippen molar-refractivity contribution in [1.29, 1.82) is 0 Å². The summed E-state index contributed by atoms with van der Waals surface area (Å²) in [6, 6.07) is 0. The molecule has 0 bridgehead atoms. The summed E-state index contributed by atoms with van der Waals surface area (Å²) in [6.45, 7) is 13.6. The van der Waals surface area contributed by atoms with Crippen LogP contribution in [0.5, 0.6) is 11.5 Å². The van der Waals surface area contributed by atoms with Gasteiger partial charge >= 0.3 is 6.09 Å². The molecule has 0 aromatic heterocycles. The summed E-state index contributed by atoms with van der Waals surface area (Å²) in [5.74, 6) is -0.245. The molecule has 0 saturated heterocycles. The van der Waals surface area contributed by atoms with Crippen molar-refractivity contribution in [2.45, 2.75) is 32.6 Å². The molecule has 0 fully saturated rings. The summed E-state index contributed by atoms with van der Waals surface area (Å²) in [5, 5.41) is 21.4. The van der Waals surface area contributed by atoms with Gasteiger partial charge in [-0.15, -0.1) is 0 Å². The lowest BCUT2D eigenvalue weighted by Crippen LogP contribution is -2.40. The Kier molecular flexibility index (Phi) is 6.89. The second-order valence-electron chi connectivity index (χ2n) is 7.42. The highest BCUT2D eigenvalue weighted by atomic mass is 16.5. The normalized spacial score (nSPS) is 11.2. The molecule has 0 saturated carbocycles. The first-order chi connectivity index (χ1) is 12.3. The predicted octanol–water partition coefficient (Wildman–Crippen LogP) is 1.05. The molecule has 150 valence electrons. The van der Waals surface area contributed by atoms with Gasteiger partial charge in [0.1, 0.15) is 11.5 Å². The number of ether oxygens (including phenoxy) is 1. The molecule has 0 radical (unpaired) electrons. The van der Waals surface area contributed by atoms with Crippen molar-refractivity contribution < 1.29 is 24.5 Å². The average Bonchev–Trinajstić information content (AvgIpc) is 2.60. The summed E-state index contributed by atoms with van der Waals surface area (Å²) >= 11 is 0. The fourth-order valence-electron chi connectivity index (χ4n) is 2.96. The molecule has 7 nitrogen and oxygen atoms in total. The van der Waals surface area contributed by atoms with E-state index in [1.165, 1.54) is 16.9 Å². The summed E-state index contributed by atoms with van der Waals surface area (Å²) in [7, 11) is 4.53. The molecule has 1 aromatic rings. The lowest BCUT2D eigenvalue weighted by Gasteiger charge is -2.30. The Morgan fingerprint density at radius 3 is 2.07 bits per heavy atom. The van der Waals surface area contributed by atoms with E-state index in [0.29, 0.717) is 34.7 Å². The zero-order valence-electron chi connectivity index (χ0n) is 17.0.